The van der Waals surface area contributed by atoms with Gasteiger partial charge in [-0.3, -0.25) is 0 Å². The summed E-state index contributed by atoms with van der Waals surface area (Å²) < 4.78 is 6.58. The molecular weight excluding hydrogens is 266 g/mol. The molecule has 2 N–H and O–H groups in total. The molecule has 3 aromatic rings. The summed E-state index contributed by atoms with van der Waals surface area (Å²) in [5, 5.41) is 3.37. The van der Waals surface area contributed by atoms with Gasteiger partial charge in [-0.2, -0.15) is 0 Å². The van der Waals surface area contributed by atoms with Crippen molar-refractivity contribution >= 4 is 21.4 Å². The van der Waals surface area contributed by atoms with E-state index in [4.69, 9.17) is 10.5 Å². The molecule has 0 fully saturated rings. The van der Waals surface area contributed by atoms with Crippen LogP contribution < -0.4 is 10.5 Å². The van der Waals surface area contributed by atoms with Gasteiger partial charge in [-0.25, -0.2) is 0 Å². The topological polar surface area (TPSA) is 35.2 Å². The molecule has 0 aliphatic rings. The normalized spacial score (nSPS) is 12.6. The van der Waals surface area contributed by atoms with E-state index in [9.17, 15) is 0 Å². The van der Waals surface area contributed by atoms with E-state index in [1.54, 1.807) is 18.4 Å². The van der Waals surface area contributed by atoms with Crippen LogP contribution in [0.5, 0.6) is 5.75 Å². The second-order valence-corrected chi connectivity index (χ2v) is 5.81. The van der Waals surface area contributed by atoms with Crippen LogP contribution in [0.2, 0.25) is 0 Å². The first-order valence-corrected chi connectivity index (χ1v) is 7.45. The predicted molar refractivity (Wildman–Crippen MR) is 85.6 cm³/mol. The molecular formula is C17H17NOS. The van der Waals surface area contributed by atoms with E-state index in [1.807, 2.05) is 19.1 Å². The number of methoxy groups -OCH3 is 1. The highest BCUT2D eigenvalue weighted by Crippen LogP contribution is 2.32. The van der Waals surface area contributed by atoms with Gasteiger partial charge in [-0.15, -0.1) is 11.3 Å². The van der Waals surface area contributed by atoms with Gasteiger partial charge in [0.15, 0.2) is 0 Å². The summed E-state index contributed by atoms with van der Waals surface area (Å²) in [5.74, 6) is 0.898. The molecule has 20 heavy (non-hydrogen) atoms. The summed E-state index contributed by atoms with van der Waals surface area (Å²) >= 11 is 1.74. The number of hydrogen-bond donors (Lipinski definition) is 1. The summed E-state index contributed by atoms with van der Waals surface area (Å²) in [7, 11) is 1.69. The van der Waals surface area contributed by atoms with E-state index < -0.39 is 0 Å². The van der Waals surface area contributed by atoms with Crippen LogP contribution in [0.4, 0.5) is 0 Å². The zero-order valence-electron chi connectivity index (χ0n) is 11.6. The predicted octanol–water partition coefficient (Wildman–Crippen LogP) is 4.27. The summed E-state index contributed by atoms with van der Waals surface area (Å²) in [5.41, 5.74) is 9.88. The van der Waals surface area contributed by atoms with Gasteiger partial charge in [0.2, 0.25) is 0 Å². The Bertz CT molecular complexity index is 748. The molecule has 1 unspecified atom stereocenters. The third-order valence-electron chi connectivity index (χ3n) is 3.62. The summed E-state index contributed by atoms with van der Waals surface area (Å²) in [4.78, 5) is 0. The van der Waals surface area contributed by atoms with Crippen LogP contribution in [0.25, 0.3) is 10.1 Å². The van der Waals surface area contributed by atoms with Gasteiger partial charge in [0.05, 0.1) is 13.2 Å². The Labute approximate surface area is 122 Å². The van der Waals surface area contributed by atoms with Crippen LogP contribution in [0, 0.1) is 6.92 Å². The molecule has 2 aromatic carbocycles. The highest BCUT2D eigenvalue weighted by molar-refractivity contribution is 7.17. The molecule has 1 atom stereocenters. The Morgan fingerprint density at radius 3 is 2.75 bits per heavy atom. The van der Waals surface area contributed by atoms with Gasteiger partial charge in [0, 0.05) is 4.70 Å². The molecule has 1 heterocycles. The maximum atomic E-state index is 6.47. The fourth-order valence-corrected chi connectivity index (χ4v) is 3.49. The van der Waals surface area contributed by atoms with Gasteiger partial charge in [-0.05, 0) is 46.5 Å². The Balaban J connectivity index is 2.06. The molecule has 0 spiro atoms. The van der Waals surface area contributed by atoms with Crippen molar-refractivity contribution in [2.45, 2.75) is 13.0 Å². The maximum Gasteiger partial charge on any atom is 0.121 e. The number of ether oxygens (including phenoxy) is 1. The smallest absolute Gasteiger partial charge is 0.121 e. The number of fused-ring (bicyclic) bond motifs is 1. The van der Waals surface area contributed by atoms with Crippen molar-refractivity contribution in [3.05, 3.63) is 64.5 Å². The van der Waals surface area contributed by atoms with Crippen LogP contribution in [0.15, 0.2) is 47.8 Å². The molecule has 2 nitrogen and oxygen atoms in total. The quantitative estimate of drug-likeness (QED) is 0.779. The van der Waals surface area contributed by atoms with Gasteiger partial charge in [0.1, 0.15) is 5.75 Å². The fraction of sp³-hybridized carbons (Fsp3) is 0.176. The second-order valence-electron chi connectivity index (χ2n) is 4.89. The first-order chi connectivity index (χ1) is 9.70. The minimum absolute atomic E-state index is 0.109. The van der Waals surface area contributed by atoms with Crippen LogP contribution >= 0.6 is 11.3 Å². The summed E-state index contributed by atoms with van der Waals surface area (Å²) in [6, 6.07) is 14.5. The monoisotopic (exact) mass is 283 g/mol. The highest BCUT2D eigenvalue weighted by Gasteiger charge is 2.14. The number of rotatable bonds is 3. The zero-order chi connectivity index (χ0) is 14.1. The maximum absolute atomic E-state index is 6.47. The third kappa shape index (κ3) is 2.19. The third-order valence-corrected chi connectivity index (χ3v) is 4.60. The minimum Gasteiger partial charge on any atom is -0.496 e. The molecule has 0 amide bonds. The highest BCUT2D eigenvalue weighted by atomic mass is 32.1. The van der Waals surface area contributed by atoms with Crippen molar-refractivity contribution < 1.29 is 4.74 Å². The lowest BCUT2D eigenvalue weighted by Gasteiger charge is -2.15. The Hall–Kier alpha value is -1.84. The molecule has 0 aliphatic heterocycles. The molecule has 3 heteroatoms. The number of benzene rings is 2. The van der Waals surface area contributed by atoms with E-state index in [1.165, 1.54) is 15.6 Å². The molecule has 0 radical (unpaired) electrons. The zero-order valence-corrected chi connectivity index (χ0v) is 12.4. The Morgan fingerprint density at radius 1 is 1.15 bits per heavy atom. The van der Waals surface area contributed by atoms with Crippen molar-refractivity contribution in [3.63, 3.8) is 0 Å². The SMILES string of the molecule is COc1ccc(C(N)c2cccc3ccsc23)cc1C. The second kappa shape index (κ2) is 5.27. The lowest BCUT2D eigenvalue weighted by atomic mass is 9.97. The average Bonchev–Trinajstić information content (AvgIpc) is 2.94. The lowest BCUT2D eigenvalue weighted by molar-refractivity contribution is 0.411. The molecule has 0 aliphatic carbocycles. The van der Waals surface area contributed by atoms with E-state index in [2.05, 4.69) is 35.7 Å². The van der Waals surface area contributed by atoms with Gasteiger partial charge in [0.25, 0.3) is 0 Å². The van der Waals surface area contributed by atoms with Crippen molar-refractivity contribution in [1.29, 1.82) is 0 Å². The molecule has 102 valence electrons. The van der Waals surface area contributed by atoms with E-state index in [0.717, 1.165) is 16.9 Å². The largest absolute Gasteiger partial charge is 0.496 e. The van der Waals surface area contributed by atoms with Crippen molar-refractivity contribution in [1.82, 2.24) is 0 Å². The summed E-state index contributed by atoms with van der Waals surface area (Å²) in [6.45, 7) is 2.04. The Kier molecular flexibility index (Phi) is 3.47. The average molecular weight is 283 g/mol. The van der Waals surface area contributed by atoms with E-state index >= 15 is 0 Å². The number of nitrogens with two attached hydrogens (primary N) is 1. The van der Waals surface area contributed by atoms with Crippen LogP contribution in [0.1, 0.15) is 22.7 Å². The van der Waals surface area contributed by atoms with Crippen molar-refractivity contribution in [2.24, 2.45) is 5.73 Å². The standard InChI is InChI=1S/C17H17NOS/c1-11-10-13(6-7-15(11)19-2)16(18)14-5-3-4-12-8-9-20-17(12)14/h3-10,16H,18H2,1-2H3. The summed E-state index contributed by atoms with van der Waals surface area (Å²) in [6.07, 6.45) is 0. The minimum atomic E-state index is -0.109. The van der Waals surface area contributed by atoms with Crippen molar-refractivity contribution in [2.75, 3.05) is 7.11 Å². The Morgan fingerprint density at radius 2 is 2.00 bits per heavy atom. The van der Waals surface area contributed by atoms with Crippen LogP contribution in [0.3, 0.4) is 0 Å². The first kappa shape index (κ1) is 13.2. The van der Waals surface area contributed by atoms with Gasteiger partial charge >= 0.3 is 0 Å². The van der Waals surface area contributed by atoms with Gasteiger partial charge < -0.3 is 10.5 Å². The number of hydrogen-bond acceptors (Lipinski definition) is 3. The van der Waals surface area contributed by atoms with E-state index in [-0.39, 0.29) is 6.04 Å². The van der Waals surface area contributed by atoms with Crippen LogP contribution in [-0.4, -0.2) is 7.11 Å². The number of thiophene rings is 1. The molecule has 0 bridgehead atoms. The molecule has 1 aromatic heterocycles. The van der Waals surface area contributed by atoms with Crippen molar-refractivity contribution in [3.8, 4) is 5.75 Å². The number of aryl methyl sites for hydroxylation is 1. The van der Waals surface area contributed by atoms with E-state index in [0.29, 0.717) is 0 Å². The van der Waals surface area contributed by atoms with Gasteiger partial charge in [-0.1, -0.05) is 30.3 Å². The first-order valence-electron chi connectivity index (χ1n) is 6.57. The van der Waals surface area contributed by atoms with Crippen LogP contribution in [-0.2, 0) is 0 Å². The fourth-order valence-electron chi connectivity index (χ4n) is 2.54. The lowest BCUT2D eigenvalue weighted by Crippen LogP contribution is -2.12. The molecule has 3 rings (SSSR count). The molecule has 0 saturated heterocycles. The molecule has 0 saturated carbocycles.